The molecule has 0 spiro atoms. The number of imidazole rings is 1. The number of urea groups is 1. The van der Waals surface area contributed by atoms with Gasteiger partial charge in [-0.05, 0) is 31.9 Å². The molecule has 0 atom stereocenters. The number of benzene rings is 1. The molecular formula is C16H22N4O. The number of fused-ring (bicyclic) bond motifs is 1. The lowest BCUT2D eigenvalue weighted by atomic mass is 10.2. The SMILES string of the molecule is Cc1nc2ccccc2n1CCNC(=O)NC1CCCC1. The average molecular weight is 286 g/mol. The molecule has 1 aromatic heterocycles. The molecule has 0 bridgehead atoms. The second-order valence-corrected chi connectivity index (χ2v) is 5.68. The molecule has 5 nitrogen and oxygen atoms in total. The van der Waals surface area contributed by atoms with Gasteiger partial charge < -0.3 is 15.2 Å². The molecule has 1 aliphatic rings. The third kappa shape index (κ3) is 3.17. The summed E-state index contributed by atoms with van der Waals surface area (Å²) in [7, 11) is 0. The number of amides is 2. The molecule has 5 heteroatoms. The van der Waals surface area contributed by atoms with Crippen LogP contribution in [0.5, 0.6) is 0 Å². The van der Waals surface area contributed by atoms with Gasteiger partial charge in [-0.2, -0.15) is 0 Å². The average Bonchev–Trinajstić information content (AvgIpc) is 3.07. The van der Waals surface area contributed by atoms with E-state index in [0.29, 0.717) is 12.6 Å². The van der Waals surface area contributed by atoms with E-state index in [2.05, 4.69) is 26.3 Å². The number of hydrogen-bond acceptors (Lipinski definition) is 2. The maximum absolute atomic E-state index is 11.8. The van der Waals surface area contributed by atoms with Crippen LogP contribution in [0.4, 0.5) is 4.79 Å². The van der Waals surface area contributed by atoms with E-state index in [1.54, 1.807) is 0 Å². The summed E-state index contributed by atoms with van der Waals surface area (Å²) < 4.78 is 2.14. The zero-order chi connectivity index (χ0) is 14.7. The zero-order valence-corrected chi connectivity index (χ0v) is 12.4. The van der Waals surface area contributed by atoms with E-state index < -0.39 is 0 Å². The van der Waals surface area contributed by atoms with Gasteiger partial charge in [0.05, 0.1) is 11.0 Å². The van der Waals surface area contributed by atoms with Crippen LogP contribution >= 0.6 is 0 Å². The van der Waals surface area contributed by atoms with E-state index in [9.17, 15) is 4.79 Å². The summed E-state index contributed by atoms with van der Waals surface area (Å²) in [5.41, 5.74) is 2.12. The Hall–Kier alpha value is -2.04. The van der Waals surface area contributed by atoms with E-state index in [-0.39, 0.29) is 6.03 Å². The Morgan fingerprint density at radius 1 is 1.33 bits per heavy atom. The lowest BCUT2D eigenvalue weighted by molar-refractivity contribution is 0.236. The Morgan fingerprint density at radius 2 is 2.10 bits per heavy atom. The van der Waals surface area contributed by atoms with Crippen LogP contribution in [0.25, 0.3) is 11.0 Å². The molecule has 1 saturated carbocycles. The molecule has 2 amide bonds. The zero-order valence-electron chi connectivity index (χ0n) is 12.4. The summed E-state index contributed by atoms with van der Waals surface area (Å²) in [5.74, 6) is 0.981. The molecule has 112 valence electrons. The molecule has 0 saturated heterocycles. The second-order valence-electron chi connectivity index (χ2n) is 5.68. The van der Waals surface area contributed by atoms with Crippen LogP contribution in [-0.4, -0.2) is 28.2 Å². The lowest BCUT2D eigenvalue weighted by Gasteiger charge is -2.13. The topological polar surface area (TPSA) is 59.0 Å². The first-order chi connectivity index (χ1) is 10.2. The normalized spacial score (nSPS) is 15.5. The number of nitrogens with zero attached hydrogens (tertiary/aromatic N) is 2. The predicted octanol–water partition coefficient (Wildman–Crippen LogP) is 2.59. The van der Waals surface area contributed by atoms with Gasteiger partial charge in [-0.1, -0.05) is 25.0 Å². The number of aryl methyl sites for hydroxylation is 1. The quantitative estimate of drug-likeness (QED) is 0.907. The molecule has 0 unspecified atom stereocenters. The van der Waals surface area contributed by atoms with Gasteiger partial charge in [0.15, 0.2) is 0 Å². The van der Waals surface area contributed by atoms with E-state index in [0.717, 1.165) is 36.2 Å². The minimum absolute atomic E-state index is 0.0519. The van der Waals surface area contributed by atoms with Gasteiger partial charge in [-0.15, -0.1) is 0 Å². The summed E-state index contributed by atoms with van der Waals surface area (Å²) in [6, 6.07) is 8.39. The van der Waals surface area contributed by atoms with Gasteiger partial charge in [0.2, 0.25) is 0 Å². The van der Waals surface area contributed by atoms with Crippen molar-refractivity contribution in [2.24, 2.45) is 0 Å². The molecule has 3 rings (SSSR count). The Labute approximate surface area is 124 Å². The van der Waals surface area contributed by atoms with E-state index >= 15 is 0 Å². The standard InChI is InChI=1S/C16H22N4O/c1-12-18-14-8-4-5-9-15(14)20(12)11-10-17-16(21)19-13-6-2-3-7-13/h4-5,8-9,13H,2-3,6-7,10-11H2,1H3,(H2,17,19,21). The summed E-state index contributed by atoms with van der Waals surface area (Å²) in [6.45, 7) is 3.35. The highest BCUT2D eigenvalue weighted by Gasteiger charge is 2.16. The van der Waals surface area contributed by atoms with E-state index in [1.807, 2.05) is 25.1 Å². The van der Waals surface area contributed by atoms with Gasteiger partial charge in [-0.3, -0.25) is 0 Å². The monoisotopic (exact) mass is 286 g/mol. The fourth-order valence-corrected chi connectivity index (χ4v) is 3.07. The molecule has 1 fully saturated rings. The third-order valence-corrected chi connectivity index (χ3v) is 4.16. The number of carbonyl (C=O) groups is 1. The van der Waals surface area contributed by atoms with Crippen LogP contribution in [0.15, 0.2) is 24.3 Å². The van der Waals surface area contributed by atoms with Crippen molar-refractivity contribution in [1.29, 1.82) is 0 Å². The van der Waals surface area contributed by atoms with Gasteiger partial charge in [0, 0.05) is 19.1 Å². The van der Waals surface area contributed by atoms with Crippen molar-refractivity contribution in [3.63, 3.8) is 0 Å². The molecule has 2 N–H and O–H groups in total. The van der Waals surface area contributed by atoms with Crippen molar-refractivity contribution in [2.75, 3.05) is 6.54 Å². The van der Waals surface area contributed by atoms with Gasteiger partial charge in [-0.25, -0.2) is 9.78 Å². The highest BCUT2D eigenvalue weighted by atomic mass is 16.2. The summed E-state index contributed by atoms with van der Waals surface area (Å²) in [4.78, 5) is 16.4. The first kappa shape index (κ1) is 13.9. The molecule has 21 heavy (non-hydrogen) atoms. The van der Waals surface area contributed by atoms with Crippen molar-refractivity contribution in [3.8, 4) is 0 Å². The molecule has 1 aromatic carbocycles. The molecule has 0 aliphatic heterocycles. The number of para-hydroxylation sites is 2. The fourth-order valence-electron chi connectivity index (χ4n) is 3.07. The van der Waals surface area contributed by atoms with Crippen LogP contribution < -0.4 is 10.6 Å². The molecule has 0 radical (unpaired) electrons. The van der Waals surface area contributed by atoms with Crippen LogP contribution in [0.1, 0.15) is 31.5 Å². The van der Waals surface area contributed by atoms with Gasteiger partial charge in [0.1, 0.15) is 5.82 Å². The number of rotatable bonds is 4. The Kier molecular flexibility index (Phi) is 4.08. The minimum Gasteiger partial charge on any atom is -0.336 e. The van der Waals surface area contributed by atoms with Crippen molar-refractivity contribution in [2.45, 2.75) is 45.2 Å². The van der Waals surface area contributed by atoms with Crippen LogP contribution in [0.3, 0.4) is 0 Å². The maximum atomic E-state index is 11.8. The number of hydrogen-bond donors (Lipinski definition) is 2. The summed E-state index contributed by atoms with van der Waals surface area (Å²) in [6.07, 6.45) is 4.67. The van der Waals surface area contributed by atoms with E-state index in [1.165, 1.54) is 12.8 Å². The van der Waals surface area contributed by atoms with Gasteiger partial charge in [0.25, 0.3) is 0 Å². The third-order valence-electron chi connectivity index (χ3n) is 4.16. The Bertz CT molecular complexity index is 628. The molecule has 1 aliphatic carbocycles. The van der Waals surface area contributed by atoms with Crippen molar-refractivity contribution < 1.29 is 4.79 Å². The lowest BCUT2D eigenvalue weighted by Crippen LogP contribution is -2.41. The molecular weight excluding hydrogens is 264 g/mol. The smallest absolute Gasteiger partial charge is 0.315 e. The largest absolute Gasteiger partial charge is 0.336 e. The van der Waals surface area contributed by atoms with Crippen LogP contribution in [0.2, 0.25) is 0 Å². The summed E-state index contributed by atoms with van der Waals surface area (Å²) >= 11 is 0. The van der Waals surface area contributed by atoms with Crippen molar-refractivity contribution >= 4 is 17.1 Å². The highest BCUT2D eigenvalue weighted by molar-refractivity contribution is 5.76. The number of carbonyl (C=O) groups excluding carboxylic acids is 1. The number of aromatic nitrogens is 2. The maximum Gasteiger partial charge on any atom is 0.315 e. The highest BCUT2D eigenvalue weighted by Crippen LogP contribution is 2.17. The molecule has 1 heterocycles. The van der Waals surface area contributed by atoms with Crippen LogP contribution in [0, 0.1) is 6.92 Å². The number of nitrogens with one attached hydrogen (secondary N) is 2. The molecule has 2 aromatic rings. The first-order valence-corrected chi connectivity index (χ1v) is 7.70. The summed E-state index contributed by atoms with van der Waals surface area (Å²) in [5, 5.41) is 5.98. The first-order valence-electron chi connectivity index (χ1n) is 7.70. The van der Waals surface area contributed by atoms with Crippen LogP contribution in [-0.2, 0) is 6.54 Å². The van der Waals surface area contributed by atoms with Gasteiger partial charge >= 0.3 is 6.03 Å². The second kappa shape index (κ2) is 6.16. The van der Waals surface area contributed by atoms with Crippen molar-refractivity contribution in [1.82, 2.24) is 20.2 Å². The van der Waals surface area contributed by atoms with Crippen molar-refractivity contribution in [3.05, 3.63) is 30.1 Å². The Morgan fingerprint density at radius 3 is 2.90 bits per heavy atom. The predicted molar refractivity (Wildman–Crippen MR) is 83.3 cm³/mol. The van der Waals surface area contributed by atoms with E-state index in [4.69, 9.17) is 0 Å². The fraction of sp³-hybridized carbons (Fsp3) is 0.500. The minimum atomic E-state index is -0.0519. The Balaban J connectivity index is 1.54.